The molecule has 0 radical (unpaired) electrons. The topological polar surface area (TPSA) is 55.8 Å². The Balaban J connectivity index is 2.79. The van der Waals surface area contributed by atoms with Crippen LogP contribution >= 0.6 is 0 Å². The summed E-state index contributed by atoms with van der Waals surface area (Å²) in [4.78, 5) is 10.6. The van der Waals surface area contributed by atoms with Crippen LogP contribution in [-0.4, -0.2) is 30.9 Å². The number of ether oxygens (including phenoxy) is 2. The van der Waals surface area contributed by atoms with Crippen molar-refractivity contribution in [2.75, 3.05) is 13.7 Å². The molecular formula is C11H13FO4. The van der Waals surface area contributed by atoms with Gasteiger partial charge in [0, 0.05) is 7.11 Å². The highest BCUT2D eigenvalue weighted by molar-refractivity contribution is 5.87. The van der Waals surface area contributed by atoms with Gasteiger partial charge in [0.1, 0.15) is 6.10 Å². The molecule has 0 spiro atoms. The maximum atomic E-state index is 13.4. The normalized spacial score (nSPS) is 12.2. The standard InChI is InChI=1S/C11H13FO4/c1-7(6-15-2)16-10-4-3-8(11(13)14)5-9(10)12/h3-5,7H,6H2,1-2H3,(H,13,14). The van der Waals surface area contributed by atoms with Gasteiger partial charge in [-0.15, -0.1) is 0 Å². The van der Waals surface area contributed by atoms with E-state index in [4.69, 9.17) is 14.6 Å². The summed E-state index contributed by atoms with van der Waals surface area (Å²) in [7, 11) is 1.52. The monoisotopic (exact) mass is 228 g/mol. The molecule has 1 rings (SSSR count). The highest BCUT2D eigenvalue weighted by atomic mass is 19.1. The molecule has 1 N–H and O–H groups in total. The number of methoxy groups -OCH3 is 1. The first kappa shape index (κ1) is 12.4. The summed E-state index contributed by atoms with van der Waals surface area (Å²) in [5, 5.41) is 8.64. The molecule has 0 amide bonds. The second kappa shape index (κ2) is 5.46. The number of halogens is 1. The van der Waals surface area contributed by atoms with Crippen LogP contribution in [0.5, 0.6) is 5.75 Å². The zero-order valence-electron chi connectivity index (χ0n) is 9.07. The van der Waals surface area contributed by atoms with Crippen molar-refractivity contribution in [3.05, 3.63) is 29.6 Å². The van der Waals surface area contributed by atoms with Crippen LogP contribution in [0.2, 0.25) is 0 Å². The number of carbonyl (C=O) groups is 1. The average molecular weight is 228 g/mol. The Morgan fingerprint density at radius 3 is 2.75 bits per heavy atom. The van der Waals surface area contributed by atoms with Crippen LogP contribution in [0, 0.1) is 5.82 Å². The van der Waals surface area contributed by atoms with Crippen LogP contribution in [0.3, 0.4) is 0 Å². The zero-order valence-corrected chi connectivity index (χ0v) is 9.07. The van der Waals surface area contributed by atoms with Crippen LogP contribution < -0.4 is 4.74 Å². The van der Waals surface area contributed by atoms with Gasteiger partial charge in [-0.2, -0.15) is 0 Å². The van der Waals surface area contributed by atoms with E-state index in [1.807, 2.05) is 0 Å². The molecule has 1 aromatic rings. The van der Waals surface area contributed by atoms with Crippen molar-refractivity contribution in [2.24, 2.45) is 0 Å². The summed E-state index contributed by atoms with van der Waals surface area (Å²) < 4.78 is 23.4. The van der Waals surface area contributed by atoms with E-state index in [0.29, 0.717) is 6.61 Å². The maximum absolute atomic E-state index is 13.4. The van der Waals surface area contributed by atoms with Gasteiger partial charge in [-0.3, -0.25) is 0 Å². The van der Waals surface area contributed by atoms with E-state index in [2.05, 4.69) is 0 Å². The zero-order chi connectivity index (χ0) is 12.1. The summed E-state index contributed by atoms with van der Waals surface area (Å²) in [6.07, 6.45) is -0.296. The summed E-state index contributed by atoms with van der Waals surface area (Å²) in [5.74, 6) is -1.84. The van der Waals surface area contributed by atoms with Crippen molar-refractivity contribution in [1.29, 1.82) is 0 Å². The average Bonchev–Trinajstić information content (AvgIpc) is 2.21. The van der Waals surface area contributed by atoms with E-state index in [9.17, 15) is 9.18 Å². The van der Waals surface area contributed by atoms with Crippen molar-refractivity contribution in [3.8, 4) is 5.75 Å². The van der Waals surface area contributed by atoms with Crippen LogP contribution in [0.4, 0.5) is 4.39 Å². The highest BCUT2D eigenvalue weighted by Crippen LogP contribution is 2.19. The second-order valence-corrected chi connectivity index (χ2v) is 3.33. The molecule has 4 nitrogen and oxygen atoms in total. The van der Waals surface area contributed by atoms with Gasteiger partial charge in [-0.05, 0) is 25.1 Å². The highest BCUT2D eigenvalue weighted by Gasteiger charge is 2.11. The Morgan fingerprint density at radius 1 is 1.56 bits per heavy atom. The Labute approximate surface area is 92.6 Å². The van der Waals surface area contributed by atoms with E-state index in [1.54, 1.807) is 6.92 Å². The maximum Gasteiger partial charge on any atom is 0.335 e. The van der Waals surface area contributed by atoms with Gasteiger partial charge >= 0.3 is 5.97 Å². The van der Waals surface area contributed by atoms with E-state index < -0.39 is 11.8 Å². The Bertz CT molecular complexity index is 378. The number of aromatic carboxylic acids is 1. The molecule has 0 aliphatic rings. The Kier molecular flexibility index (Phi) is 4.25. The molecule has 0 heterocycles. The van der Waals surface area contributed by atoms with Crippen LogP contribution in [0.25, 0.3) is 0 Å². The fourth-order valence-corrected chi connectivity index (χ4v) is 1.21. The lowest BCUT2D eigenvalue weighted by Gasteiger charge is -2.14. The number of rotatable bonds is 5. The van der Waals surface area contributed by atoms with Crippen LogP contribution in [0.15, 0.2) is 18.2 Å². The number of carboxylic acids is 1. The van der Waals surface area contributed by atoms with E-state index in [1.165, 1.54) is 19.2 Å². The molecule has 0 fully saturated rings. The molecule has 0 saturated heterocycles. The van der Waals surface area contributed by atoms with Crippen molar-refractivity contribution >= 4 is 5.97 Å². The summed E-state index contributed by atoms with van der Waals surface area (Å²) in [6, 6.07) is 3.52. The van der Waals surface area contributed by atoms with Gasteiger partial charge < -0.3 is 14.6 Å². The molecule has 0 aromatic heterocycles. The molecule has 1 aromatic carbocycles. The Morgan fingerprint density at radius 2 is 2.25 bits per heavy atom. The number of hydrogen-bond acceptors (Lipinski definition) is 3. The molecule has 0 aliphatic carbocycles. The van der Waals surface area contributed by atoms with Gasteiger partial charge in [0.2, 0.25) is 0 Å². The number of carboxylic acid groups (broad SMARTS) is 1. The number of hydrogen-bond donors (Lipinski definition) is 1. The SMILES string of the molecule is COCC(C)Oc1ccc(C(=O)O)cc1F. The molecule has 0 bridgehead atoms. The largest absolute Gasteiger partial charge is 0.485 e. The fourth-order valence-electron chi connectivity index (χ4n) is 1.21. The molecular weight excluding hydrogens is 215 g/mol. The van der Waals surface area contributed by atoms with E-state index in [0.717, 1.165) is 6.07 Å². The van der Waals surface area contributed by atoms with Gasteiger partial charge in [0.15, 0.2) is 11.6 Å². The quantitative estimate of drug-likeness (QED) is 0.836. The predicted octanol–water partition coefficient (Wildman–Crippen LogP) is 1.94. The summed E-state index contributed by atoms with van der Waals surface area (Å²) >= 11 is 0. The lowest BCUT2D eigenvalue weighted by molar-refractivity contribution is 0.0695. The van der Waals surface area contributed by atoms with Gasteiger partial charge in [-0.1, -0.05) is 0 Å². The van der Waals surface area contributed by atoms with Crippen LogP contribution in [0.1, 0.15) is 17.3 Å². The third-order valence-corrected chi connectivity index (χ3v) is 1.91. The van der Waals surface area contributed by atoms with Crippen molar-refractivity contribution < 1.29 is 23.8 Å². The molecule has 1 unspecified atom stereocenters. The van der Waals surface area contributed by atoms with E-state index in [-0.39, 0.29) is 17.4 Å². The minimum absolute atomic E-state index is 0.0227. The first-order chi connectivity index (χ1) is 7.54. The smallest absolute Gasteiger partial charge is 0.335 e. The van der Waals surface area contributed by atoms with E-state index >= 15 is 0 Å². The predicted molar refractivity (Wildman–Crippen MR) is 55.3 cm³/mol. The van der Waals surface area contributed by atoms with Gasteiger partial charge in [0.25, 0.3) is 0 Å². The van der Waals surface area contributed by atoms with Gasteiger partial charge in [0.05, 0.1) is 12.2 Å². The number of benzene rings is 1. The van der Waals surface area contributed by atoms with Crippen molar-refractivity contribution in [2.45, 2.75) is 13.0 Å². The second-order valence-electron chi connectivity index (χ2n) is 3.33. The minimum Gasteiger partial charge on any atom is -0.485 e. The van der Waals surface area contributed by atoms with Crippen molar-refractivity contribution in [1.82, 2.24) is 0 Å². The molecule has 88 valence electrons. The summed E-state index contributed by atoms with van der Waals surface area (Å²) in [6.45, 7) is 2.06. The van der Waals surface area contributed by atoms with Crippen LogP contribution in [-0.2, 0) is 4.74 Å². The molecule has 5 heteroatoms. The lowest BCUT2D eigenvalue weighted by atomic mass is 10.2. The van der Waals surface area contributed by atoms with Gasteiger partial charge in [-0.25, -0.2) is 9.18 Å². The molecule has 0 aliphatic heterocycles. The lowest BCUT2D eigenvalue weighted by Crippen LogP contribution is -2.18. The minimum atomic E-state index is -1.17. The first-order valence-electron chi connectivity index (χ1n) is 4.73. The fraction of sp³-hybridized carbons (Fsp3) is 0.364. The van der Waals surface area contributed by atoms with Crippen molar-refractivity contribution in [3.63, 3.8) is 0 Å². The molecule has 0 saturated carbocycles. The summed E-state index contributed by atoms with van der Waals surface area (Å²) in [5.41, 5.74) is -0.107. The third kappa shape index (κ3) is 3.20. The Hall–Kier alpha value is -1.62. The third-order valence-electron chi connectivity index (χ3n) is 1.91. The molecule has 1 atom stereocenters. The first-order valence-corrected chi connectivity index (χ1v) is 4.73. The molecule has 16 heavy (non-hydrogen) atoms.